The molecule has 1 aliphatic rings. The van der Waals surface area contributed by atoms with Gasteiger partial charge in [0.05, 0.1) is 11.2 Å². The van der Waals surface area contributed by atoms with Crippen LogP contribution >= 0.6 is 11.6 Å². The van der Waals surface area contributed by atoms with Crippen LogP contribution in [0.2, 0.25) is 5.02 Å². The van der Waals surface area contributed by atoms with Crippen LogP contribution in [0.1, 0.15) is 12.5 Å². The first-order valence-electron chi connectivity index (χ1n) is 9.34. The van der Waals surface area contributed by atoms with Crippen LogP contribution in [0.3, 0.4) is 0 Å². The number of likely N-dealkylation sites (N-methyl/N-ethyl adjacent to an activating group) is 1. The Bertz CT molecular complexity index is 1010. The fourth-order valence-electron chi connectivity index (χ4n) is 3.31. The Morgan fingerprint density at radius 2 is 1.89 bits per heavy atom. The molecule has 0 spiro atoms. The number of hydrogen-bond donors (Lipinski definition) is 1. The monoisotopic (exact) mass is 394 g/mol. The van der Waals surface area contributed by atoms with E-state index in [0.717, 1.165) is 48.4 Å². The fourth-order valence-corrected chi connectivity index (χ4v) is 3.48. The van der Waals surface area contributed by atoms with Crippen molar-refractivity contribution in [3.05, 3.63) is 59.4 Å². The number of halogens is 1. The second-order valence-corrected chi connectivity index (χ2v) is 7.47. The van der Waals surface area contributed by atoms with Crippen LogP contribution in [0.25, 0.3) is 10.9 Å². The fraction of sp³-hybridized carbons (Fsp3) is 0.286. The Balaban J connectivity index is 1.54. The van der Waals surface area contributed by atoms with E-state index in [4.69, 9.17) is 11.6 Å². The van der Waals surface area contributed by atoms with Crippen LogP contribution in [-0.2, 0) is 0 Å². The third-order valence-electron chi connectivity index (χ3n) is 5.06. The van der Waals surface area contributed by atoms with Gasteiger partial charge >= 0.3 is 0 Å². The van der Waals surface area contributed by atoms with Crippen LogP contribution in [0.4, 0.5) is 11.5 Å². The number of rotatable bonds is 4. The lowest BCUT2D eigenvalue weighted by Crippen LogP contribution is -2.44. The predicted molar refractivity (Wildman–Crippen MR) is 117 cm³/mol. The molecule has 28 heavy (non-hydrogen) atoms. The average molecular weight is 395 g/mol. The summed E-state index contributed by atoms with van der Waals surface area (Å²) in [4.78, 5) is 13.4. The lowest BCUT2D eigenvalue weighted by atomic mass is 10.1. The van der Waals surface area contributed by atoms with Gasteiger partial charge in [0.1, 0.15) is 6.33 Å². The van der Waals surface area contributed by atoms with Gasteiger partial charge < -0.3 is 9.80 Å². The topological polar surface area (TPSA) is 56.7 Å². The molecule has 1 N–H and O–H groups in total. The molecule has 0 amide bonds. The summed E-state index contributed by atoms with van der Waals surface area (Å²) >= 11 is 6.05. The van der Waals surface area contributed by atoms with Gasteiger partial charge in [-0.05, 0) is 49.9 Å². The zero-order chi connectivity index (χ0) is 19.5. The third kappa shape index (κ3) is 4.08. The number of hydrogen-bond acceptors (Lipinski definition) is 6. The van der Waals surface area contributed by atoms with Crippen LogP contribution in [0.15, 0.2) is 53.9 Å². The molecule has 1 aromatic heterocycles. The van der Waals surface area contributed by atoms with Gasteiger partial charge in [-0.3, -0.25) is 5.43 Å². The van der Waals surface area contributed by atoms with Gasteiger partial charge in [0, 0.05) is 42.3 Å². The van der Waals surface area contributed by atoms with Gasteiger partial charge in [0.15, 0.2) is 5.82 Å². The highest BCUT2D eigenvalue weighted by Gasteiger charge is 2.14. The largest absolute Gasteiger partial charge is 0.369 e. The summed E-state index contributed by atoms with van der Waals surface area (Å²) in [6.07, 6.45) is 1.51. The van der Waals surface area contributed by atoms with E-state index < -0.39 is 0 Å². The lowest BCUT2D eigenvalue weighted by Gasteiger charge is -2.34. The molecule has 0 unspecified atom stereocenters. The predicted octanol–water partition coefficient (Wildman–Crippen LogP) is 3.87. The van der Waals surface area contributed by atoms with Gasteiger partial charge in [0.2, 0.25) is 0 Å². The molecule has 3 aromatic rings. The molecule has 4 rings (SSSR count). The summed E-state index contributed by atoms with van der Waals surface area (Å²) in [5.41, 5.74) is 7.10. The SMILES string of the molecule is CC(=NNc1ncnc2cc(Cl)ccc12)c1cccc(N2CCN(C)CC2)c1. The molecule has 0 saturated carbocycles. The van der Waals surface area contributed by atoms with E-state index in [2.05, 4.69) is 61.6 Å². The summed E-state index contributed by atoms with van der Waals surface area (Å²) in [6.45, 7) is 6.26. The van der Waals surface area contributed by atoms with Crippen molar-refractivity contribution in [3.8, 4) is 0 Å². The minimum atomic E-state index is 0.651. The molecule has 0 aliphatic carbocycles. The van der Waals surface area contributed by atoms with Gasteiger partial charge in [-0.1, -0.05) is 23.7 Å². The van der Waals surface area contributed by atoms with Crippen LogP contribution in [0, 0.1) is 0 Å². The second kappa shape index (κ2) is 8.12. The summed E-state index contributed by atoms with van der Waals surface area (Å²) in [6, 6.07) is 14.1. The van der Waals surface area contributed by atoms with Crippen molar-refractivity contribution >= 4 is 39.7 Å². The quantitative estimate of drug-likeness (QED) is 0.537. The molecule has 2 aromatic carbocycles. The summed E-state index contributed by atoms with van der Waals surface area (Å²) in [5.74, 6) is 0.663. The van der Waals surface area contributed by atoms with Crippen LogP contribution in [-0.4, -0.2) is 53.8 Å². The molecule has 0 radical (unpaired) electrons. The first-order chi connectivity index (χ1) is 13.6. The van der Waals surface area contributed by atoms with E-state index in [0.29, 0.717) is 10.8 Å². The Morgan fingerprint density at radius 1 is 1.07 bits per heavy atom. The molecule has 144 valence electrons. The van der Waals surface area contributed by atoms with Gasteiger partial charge in [-0.15, -0.1) is 0 Å². The first kappa shape index (κ1) is 18.7. The van der Waals surface area contributed by atoms with Crippen molar-refractivity contribution in [1.29, 1.82) is 0 Å². The molecule has 1 fully saturated rings. The number of nitrogens with zero attached hydrogens (tertiary/aromatic N) is 5. The normalized spacial score (nSPS) is 15.8. The van der Waals surface area contributed by atoms with E-state index in [1.165, 1.54) is 12.0 Å². The van der Waals surface area contributed by atoms with E-state index in [9.17, 15) is 0 Å². The average Bonchev–Trinajstić information content (AvgIpc) is 2.72. The zero-order valence-electron chi connectivity index (χ0n) is 16.1. The van der Waals surface area contributed by atoms with Crippen molar-refractivity contribution in [2.45, 2.75) is 6.92 Å². The maximum Gasteiger partial charge on any atom is 0.157 e. The van der Waals surface area contributed by atoms with Crippen LogP contribution in [0.5, 0.6) is 0 Å². The number of piperazine rings is 1. The van der Waals surface area contributed by atoms with Gasteiger partial charge in [-0.2, -0.15) is 5.10 Å². The number of anilines is 2. The van der Waals surface area contributed by atoms with Gasteiger partial charge in [-0.25, -0.2) is 9.97 Å². The molecule has 1 aliphatic heterocycles. The molecule has 0 bridgehead atoms. The third-order valence-corrected chi connectivity index (χ3v) is 5.30. The number of hydrazone groups is 1. The van der Waals surface area contributed by atoms with Gasteiger partial charge in [0.25, 0.3) is 0 Å². The highest BCUT2D eigenvalue weighted by atomic mass is 35.5. The summed E-state index contributed by atoms with van der Waals surface area (Å²) in [5, 5.41) is 6.09. The Labute approximate surface area is 169 Å². The number of aromatic nitrogens is 2. The molecular formula is C21H23ClN6. The number of fused-ring (bicyclic) bond motifs is 1. The summed E-state index contributed by atoms with van der Waals surface area (Å²) in [7, 11) is 2.17. The van der Waals surface area contributed by atoms with Crippen molar-refractivity contribution in [1.82, 2.24) is 14.9 Å². The second-order valence-electron chi connectivity index (χ2n) is 7.03. The maximum atomic E-state index is 6.05. The Morgan fingerprint density at radius 3 is 2.71 bits per heavy atom. The van der Waals surface area contributed by atoms with E-state index in [-0.39, 0.29) is 0 Å². The minimum absolute atomic E-state index is 0.651. The van der Waals surface area contributed by atoms with Crippen molar-refractivity contribution in [3.63, 3.8) is 0 Å². The molecule has 0 atom stereocenters. The van der Waals surface area contributed by atoms with E-state index in [1.54, 1.807) is 0 Å². The highest BCUT2D eigenvalue weighted by molar-refractivity contribution is 6.31. The van der Waals surface area contributed by atoms with Crippen molar-refractivity contribution < 1.29 is 0 Å². The highest BCUT2D eigenvalue weighted by Crippen LogP contribution is 2.23. The molecule has 7 heteroatoms. The van der Waals surface area contributed by atoms with Crippen molar-refractivity contribution in [2.24, 2.45) is 5.10 Å². The number of nitrogens with one attached hydrogen (secondary N) is 1. The Hall–Kier alpha value is -2.70. The Kier molecular flexibility index (Phi) is 5.41. The van der Waals surface area contributed by atoms with Crippen molar-refractivity contribution in [2.75, 3.05) is 43.6 Å². The smallest absolute Gasteiger partial charge is 0.157 e. The van der Waals surface area contributed by atoms with E-state index in [1.807, 2.05) is 25.1 Å². The van der Waals surface area contributed by atoms with E-state index >= 15 is 0 Å². The number of benzene rings is 2. The molecule has 6 nitrogen and oxygen atoms in total. The lowest BCUT2D eigenvalue weighted by molar-refractivity contribution is 0.313. The molecular weight excluding hydrogens is 372 g/mol. The molecule has 2 heterocycles. The maximum absolute atomic E-state index is 6.05. The first-order valence-corrected chi connectivity index (χ1v) is 9.72. The zero-order valence-corrected chi connectivity index (χ0v) is 16.8. The summed E-state index contributed by atoms with van der Waals surface area (Å²) < 4.78 is 0. The molecule has 1 saturated heterocycles. The van der Waals surface area contributed by atoms with Crippen LogP contribution < -0.4 is 10.3 Å². The minimum Gasteiger partial charge on any atom is -0.369 e. The standard InChI is InChI=1S/C21H23ClN6/c1-15(16-4-3-5-18(12-16)28-10-8-27(2)9-11-28)25-26-21-19-7-6-17(22)13-20(19)23-14-24-21/h3-7,12-14H,8-11H2,1-2H3,(H,23,24,26).